The Morgan fingerprint density at radius 2 is 1.56 bits per heavy atom. The van der Waals surface area contributed by atoms with E-state index < -0.39 is 17.5 Å². The monoisotopic (exact) mass is 370 g/mol. The van der Waals surface area contributed by atoms with Crippen LogP contribution in [0.3, 0.4) is 0 Å². The Bertz CT molecular complexity index is 845. The van der Waals surface area contributed by atoms with E-state index in [1.54, 1.807) is 0 Å². The van der Waals surface area contributed by atoms with Gasteiger partial charge in [0.2, 0.25) is 0 Å². The van der Waals surface area contributed by atoms with Gasteiger partial charge >= 0.3 is 0 Å². The van der Waals surface area contributed by atoms with Crippen LogP contribution >= 0.6 is 0 Å². The Morgan fingerprint density at radius 1 is 0.926 bits per heavy atom. The van der Waals surface area contributed by atoms with E-state index in [4.69, 9.17) is 0 Å². The Kier molecular flexibility index (Phi) is 5.12. The molecule has 0 heterocycles. The molecule has 2 aliphatic rings. The third-order valence-corrected chi connectivity index (χ3v) is 6.40. The SMILES string of the molecule is C=CCC[C@H]1CCc2c(ccc3c2CC[C@H](c2cc(F)c(F)c(F)c2)C3)C1. The highest BCUT2D eigenvalue weighted by molar-refractivity contribution is 5.45. The third kappa shape index (κ3) is 3.56. The van der Waals surface area contributed by atoms with Gasteiger partial charge in [0, 0.05) is 0 Å². The predicted octanol–water partition coefficient (Wildman–Crippen LogP) is 6.45. The van der Waals surface area contributed by atoms with Crippen LogP contribution in [0.25, 0.3) is 0 Å². The highest BCUT2D eigenvalue weighted by atomic mass is 19.2. The van der Waals surface area contributed by atoms with Gasteiger partial charge in [0.1, 0.15) is 0 Å². The van der Waals surface area contributed by atoms with E-state index in [2.05, 4.69) is 18.7 Å². The standard InChI is InChI=1S/C24H25F3/c1-2-3-4-15-5-9-20-17(11-15)6-7-18-12-16(8-10-21(18)20)19-13-22(25)24(27)23(26)14-19/h2,6-7,13-16H,1,3-5,8-12H2/t15-,16-/m0/s1. The largest absolute Gasteiger partial charge is 0.204 e. The van der Waals surface area contributed by atoms with Gasteiger partial charge in [-0.2, -0.15) is 0 Å². The van der Waals surface area contributed by atoms with Gasteiger partial charge in [-0.15, -0.1) is 6.58 Å². The van der Waals surface area contributed by atoms with Crippen molar-refractivity contribution in [2.75, 3.05) is 0 Å². The molecule has 0 unspecified atom stereocenters. The van der Waals surface area contributed by atoms with Crippen molar-refractivity contribution >= 4 is 0 Å². The first-order chi connectivity index (χ1) is 13.1. The summed E-state index contributed by atoms with van der Waals surface area (Å²) in [5.74, 6) is -2.77. The summed E-state index contributed by atoms with van der Waals surface area (Å²) < 4.78 is 40.5. The van der Waals surface area contributed by atoms with E-state index in [-0.39, 0.29) is 5.92 Å². The Morgan fingerprint density at radius 3 is 2.22 bits per heavy atom. The second-order valence-electron chi connectivity index (χ2n) is 8.05. The summed E-state index contributed by atoms with van der Waals surface area (Å²) >= 11 is 0. The highest BCUT2D eigenvalue weighted by Gasteiger charge is 2.27. The first kappa shape index (κ1) is 18.3. The van der Waals surface area contributed by atoms with Crippen molar-refractivity contribution < 1.29 is 13.2 Å². The predicted molar refractivity (Wildman–Crippen MR) is 102 cm³/mol. The van der Waals surface area contributed by atoms with Gasteiger partial charge in [-0.05, 0) is 103 Å². The molecule has 0 aromatic heterocycles. The fourth-order valence-corrected chi connectivity index (χ4v) is 4.94. The molecular formula is C24H25F3. The molecule has 0 saturated carbocycles. The molecule has 0 amide bonds. The summed E-state index contributed by atoms with van der Waals surface area (Å²) in [6, 6.07) is 6.78. The Labute approximate surface area is 159 Å². The van der Waals surface area contributed by atoms with Gasteiger partial charge in [-0.3, -0.25) is 0 Å². The molecule has 0 N–H and O–H groups in total. The van der Waals surface area contributed by atoms with E-state index in [9.17, 15) is 13.2 Å². The summed E-state index contributed by atoms with van der Waals surface area (Å²) in [4.78, 5) is 0. The van der Waals surface area contributed by atoms with Crippen LogP contribution in [0, 0.1) is 23.4 Å². The molecule has 142 valence electrons. The van der Waals surface area contributed by atoms with E-state index >= 15 is 0 Å². The van der Waals surface area contributed by atoms with Crippen molar-refractivity contribution in [2.45, 2.75) is 57.3 Å². The van der Waals surface area contributed by atoms with Crippen molar-refractivity contribution in [3.8, 4) is 0 Å². The molecule has 2 atom stereocenters. The molecule has 4 rings (SSSR count). The van der Waals surface area contributed by atoms with Crippen LogP contribution in [-0.4, -0.2) is 0 Å². The van der Waals surface area contributed by atoms with Gasteiger partial charge in [0.15, 0.2) is 17.5 Å². The van der Waals surface area contributed by atoms with Crippen molar-refractivity contribution in [2.24, 2.45) is 5.92 Å². The maximum Gasteiger partial charge on any atom is 0.194 e. The van der Waals surface area contributed by atoms with Crippen LogP contribution in [-0.2, 0) is 25.7 Å². The van der Waals surface area contributed by atoms with E-state index in [1.165, 1.54) is 35.1 Å². The quantitative estimate of drug-likeness (QED) is 0.429. The summed E-state index contributed by atoms with van der Waals surface area (Å²) in [7, 11) is 0. The van der Waals surface area contributed by atoms with Crippen LogP contribution in [0.5, 0.6) is 0 Å². The normalized spacial score (nSPS) is 21.4. The minimum atomic E-state index is -1.38. The Balaban J connectivity index is 1.56. The van der Waals surface area contributed by atoms with E-state index in [0.717, 1.165) is 56.6 Å². The number of hydrogen-bond donors (Lipinski definition) is 0. The number of rotatable bonds is 4. The molecule has 0 radical (unpaired) electrons. The fourth-order valence-electron chi connectivity index (χ4n) is 4.94. The molecular weight excluding hydrogens is 345 g/mol. The molecule has 0 saturated heterocycles. The number of fused-ring (bicyclic) bond motifs is 3. The Hall–Kier alpha value is -2.03. The molecule has 2 aliphatic carbocycles. The lowest BCUT2D eigenvalue weighted by Gasteiger charge is -2.32. The zero-order valence-corrected chi connectivity index (χ0v) is 15.5. The van der Waals surface area contributed by atoms with E-state index in [1.807, 2.05) is 6.08 Å². The molecule has 27 heavy (non-hydrogen) atoms. The second kappa shape index (κ2) is 7.53. The summed E-state index contributed by atoms with van der Waals surface area (Å²) in [6.45, 7) is 3.83. The number of halogens is 3. The van der Waals surface area contributed by atoms with Crippen molar-refractivity contribution in [3.63, 3.8) is 0 Å². The average Bonchev–Trinajstić information content (AvgIpc) is 2.69. The minimum Gasteiger partial charge on any atom is -0.204 e. The lowest BCUT2D eigenvalue weighted by molar-refractivity contribution is 0.426. The van der Waals surface area contributed by atoms with Crippen LogP contribution in [0.2, 0.25) is 0 Å². The van der Waals surface area contributed by atoms with Gasteiger partial charge in [-0.25, -0.2) is 13.2 Å². The molecule has 0 spiro atoms. The lowest BCUT2D eigenvalue weighted by atomic mass is 9.73. The van der Waals surface area contributed by atoms with Crippen molar-refractivity contribution in [1.29, 1.82) is 0 Å². The smallest absolute Gasteiger partial charge is 0.194 e. The summed E-state index contributed by atoms with van der Waals surface area (Å²) in [5, 5.41) is 0. The molecule has 0 nitrogen and oxygen atoms in total. The van der Waals surface area contributed by atoms with Gasteiger partial charge in [-0.1, -0.05) is 18.2 Å². The van der Waals surface area contributed by atoms with E-state index in [0.29, 0.717) is 5.56 Å². The molecule has 2 aromatic rings. The first-order valence-electron chi connectivity index (χ1n) is 9.94. The lowest BCUT2D eigenvalue weighted by Crippen LogP contribution is -2.20. The zero-order chi connectivity index (χ0) is 19.0. The molecule has 2 aromatic carbocycles. The minimum absolute atomic E-state index is 0.0454. The van der Waals surface area contributed by atoms with Crippen LogP contribution in [0.1, 0.15) is 59.4 Å². The maximum absolute atomic E-state index is 13.6. The molecule has 0 aliphatic heterocycles. The van der Waals surface area contributed by atoms with Crippen LogP contribution < -0.4 is 0 Å². The maximum atomic E-state index is 13.6. The zero-order valence-electron chi connectivity index (χ0n) is 15.5. The molecule has 3 heteroatoms. The average molecular weight is 370 g/mol. The van der Waals surface area contributed by atoms with Crippen LogP contribution in [0.15, 0.2) is 36.9 Å². The van der Waals surface area contributed by atoms with Gasteiger partial charge in [0.05, 0.1) is 0 Å². The van der Waals surface area contributed by atoms with Gasteiger partial charge < -0.3 is 0 Å². The first-order valence-corrected chi connectivity index (χ1v) is 9.94. The second-order valence-corrected chi connectivity index (χ2v) is 8.05. The molecule has 0 fully saturated rings. The topological polar surface area (TPSA) is 0 Å². The number of hydrogen-bond acceptors (Lipinski definition) is 0. The summed E-state index contributed by atoms with van der Waals surface area (Å²) in [5.41, 5.74) is 6.30. The third-order valence-electron chi connectivity index (χ3n) is 6.40. The summed E-state index contributed by atoms with van der Waals surface area (Å²) in [6.07, 6.45) is 10.4. The van der Waals surface area contributed by atoms with Crippen molar-refractivity contribution in [3.05, 3.63) is 82.2 Å². The van der Waals surface area contributed by atoms with Crippen molar-refractivity contribution in [1.82, 2.24) is 0 Å². The van der Waals surface area contributed by atoms with Crippen LogP contribution in [0.4, 0.5) is 13.2 Å². The fraction of sp³-hybridized carbons (Fsp3) is 0.417. The van der Waals surface area contributed by atoms with Gasteiger partial charge in [0.25, 0.3) is 0 Å². The molecule has 0 bridgehead atoms. The number of allylic oxidation sites excluding steroid dienone is 1. The number of benzene rings is 2. The highest BCUT2D eigenvalue weighted by Crippen LogP contribution is 2.39.